The molecule has 1 rings (SSSR count). The van der Waals surface area contributed by atoms with Gasteiger partial charge < -0.3 is 9.84 Å². The second-order valence-electron chi connectivity index (χ2n) is 5.91. The van der Waals surface area contributed by atoms with Crippen LogP contribution in [0.1, 0.15) is 47.0 Å². The van der Waals surface area contributed by atoms with E-state index in [9.17, 15) is 9.90 Å². The quantitative estimate of drug-likeness (QED) is 0.754. The Morgan fingerprint density at radius 3 is 2.38 bits per heavy atom. The third-order valence-corrected chi connectivity index (χ3v) is 4.18. The van der Waals surface area contributed by atoms with Crippen molar-refractivity contribution >= 4 is 5.97 Å². The highest BCUT2D eigenvalue weighted by Gasteiger charge is 2.54. The smallest absolute Gasteiger partial charge is 0.338 e. The summed E-state index contributed by atoms with van der Waals surface area (Å²) in [7, 11) is 1.34. The summed E-state index contributed by atoms with van der Waals surface area (Å²) in [6.07, 6.45) is 3.03. The molecule has 1 aliphatic carbocycles. The van der Waals surface area contributed by atoms with E-state index < -0.39 is 11.6 Å². The largest absolute Gasteiger partial charge is 0.467 e. The van der Waals surface area contributed by atoms with Crippen molar-refractivity contribution in [3.8, 4) is 0 Å². The monoisotopic (exact) mass is 228 g/mol. The molecule has 1 saturated carbocycles. The van der Waals surface area contributed by atoms with Gasteiger partial charge in [-0.1, -0.05) is 34.1 Å². The summed E-state index contributed by atoms with van der Waals surface area (Å²) in [5.41, 5.74) is -1.33. The normalized spacial score (nSPS) is 27.8. The predicted octanol–water partition coefficient (Wildman–Crippen LogP) is 2.37. The van der Waals surface area contributed by atoms with E-state index in [1.165, 1.54) is 7.11 Å². The van der Waals surface area contributed by atoms with E-state index >= 15 is 0 Å². The third kappa shape index (κ3) is 1.97. The van der Waals surface area contributed by atoms with Gasteiger partial charge in [-0.05, 0) is 24.2 Å². The Hall–Kier alpha value is -0.570. The zero-order valence-electron chi connectivity index (χ0n) is 11.0. The van der Waals surface area contributed by atoms with Crippen LogP contribution in [-0.4, -0.2) is 23.8 Å². The highest BCUT2D eigenvalue weighted by Crippen LogP contribution is 2.50. The number of hydrogen-bond acceptors (Lipinski definition) is 3. The molecule has 0 aromatic heterocycles. The molecule has 0 bridgehead atoms. The minimum absolute atomic E-state index is 0.00699. The number of carbonyl (C=O) groups is 1. The van der Waals surface area contributed by atoms with Gasteiger partial charge in [0, 0.05) is 5.92 Å². The average Bonchev–Trinajstić information content (AvgIpc) is 2.55. The van der Waals surface area contributed by atoms with Crippen molar-refractivity contribution in [2.24, 2.45) is 17.3 Å². The molecule has 0 aromatic rings. The molecule has 0 spiro atoms. The lowest BCUT2D eigenvalue weighted by atomic mass is 9.67. The fourth-order valence-electron chi connectivity index (χ4n) is 3.09. The Labute approximate surface area is 98.2 Å². The zero-order valence-corrected chi connectivity index (χ0v) is 11.0. The summed E-state index contributed by atoms with van der Waals surface area (Å²) in [6.45, 7) is 8.01. The topological polar surface area (TPSA) is 46.5 Å². The Bertz CT molecular complexity index is 270. The SMILES string of the molecule is COC(=O)C(O)(C(C)C)C1CCCC1(C)C. The van der Waals surface area contributed by atoms with Crippen molar-refractivity contribution in [1.29, 1.82) is 0 Å². The first-order chi connectivity index (χ1) is 7.26. The molecule has 16 heavy (non-hydrogen) atoms. The maximum atomic E-state index is 11.9. The summed E-state index contributed by atoms with van der Waals surface area (Å²) >= 11 is 0. The zero-order chi connectivity index (χ0) is 12.6. The van der Waals surface area contributed by atoms with Crippen LogP contribution in [-0.2, 0) is 9.53 Å². The Balaban J connectivity index is 3.07. The lowest BCUT2D eigenvalue weighted by Crippen LogP contribution is -2.54. The van der Waals surface area contributed by atoms with Crippen molar-refractivity contribution in [3.63, 3.8) is 0 Å². The molecule has 3 nitrogen and oxygen atoms in total. The molecule has 1 aliphatic rings. The molecular weight excluding hydrogens is 204 g/mol. The first-order valence-corrected chi connectivity index (χ1v) is 6.07. The van der Waals surface area contributed by atoms with Crippen molar-refractivity contribution in [3.05, 3.63) is 0 Å². The molecule has 0 saturated heterocycles. The first-order valence-electron chi connectivity index (χ1n) is 6.07. The molecular formula is C13H24O3. The van der Waals surface area contributed by atoms with Gasteiger partial charge in [0.05, 0.1) is 7.11 Å². The van der Waals surface area contributed by atoms with Crippen molar-refractivity contribution in [2.45, 2.75) is 52.6 Å². The van der Waals surface area contributed by atoms with Crippen molar-refractivity contribution in [2.75, 3.05) is 7.11 Å². The van der Waals surface area contributed by atoms with E-state index in [4.69, 9.17) is 4.74 Å². The number of methoxy groups -OCH3 is 1. The highest BCUT2D eigenvalue weighted by atomic mass is 16.5. The second-order valence-corrected chi connectivity index (χ2v) is 5.91. The minimum Gasteiger partial charge on any atom is -0.467 e. The van der Waals surface area contributed by atoms with E-state index in [-0.39, 0.29) is 17.3 Å². The van der Waals surface area contributed by atoms with Crippen LogP contribution >= 0.6 is 0 Å². The van der Waals surface area contributed by atoms with Gasteiger partial charge in [0.15, 0.2) is 5.60 Å². The molecule has 0 heterocycles. The molecule has 1 fully saturated rings. The fraction of sp³-hybridized carbons (Fsp3) is 0.923. The summed E-state index contributed by atoms with van der Waals surface area (Å²) in [5, 5.41) is 10.7. The van der Waals surface area contributed by atoms with Crippen LogP contribution in [0.15, 0.2) is 0 Å². The number of rotatable bonds is 3. The maximum Gasteiger partial charge on any atom is 0.338 e. The van der Waals surface area contributed by atoms with E-state index in [0.717, 1.165) is 19.3 Å². The average molecular weight is 228 g/mol. The van der Waals surface area contributed by atoms with Gasteiger partial charge >= 0.3 is 5.97 Å². The van der Waals surface area contributed by atoms with Gasteiger partial charge in [-0.15, -0.1) is 0 Å². The maximum absolute atomic E-state index is 11.9. The standard InChI is InChI=1S/C13H24O3/c1-9(2)13(15,11(14)16-5)10-7-6-8-12(10,3)4/h9-10,15H,6-8H2,1-5H3. The molecule has 0 aliphatic heterocycles. The van der Waals surface area contributed by atoms with Gasteiger partial charge in [-0.3, -0.25) is 0 Å². The summed E-state index contributed by atoms with van der Waals surface area (Å²) in [6, 6.07) is 0. The van der Waals surface area contributed by atoms with Gasteiger partial charge in [0.1, 0.15) is 0 Å². The minimum atomic E-state index is -1.34. The van der Waals surface area contributed by atoms with Crippen molar-refractivity contribution in [1.82, 2.24) is 0 Å². The molecule has 0 radical (unpaired) electrons. The van der Waals surface area contributed by atoms with Crippen LogP contribution < -0.4 is 0 Å². The van der Waals surface area contributed by atoms with E-state index in [1.54, 1.807) is 0 Å². The Morgan fingerprint density at radius 1 is 1.50 bits per heavy atom. The Kier molecular flexibility index (Phi) is 3.68. The van der Waals surface area contributed by atoms with E-state index in [2.05, 4.69) is 13.8 Å². The number of esters is 1. The molecule has 0 amide bonds. The van der Waals surface area contributed by atoms with Crippen LogP contribution in [0, 0.1) is 17.3 Å². The molecule has 0 aromatic carbocycles. The lowest BCUT2D eigenvalue weighted by Gasteiger charge is -2.41. The molecule has 3 heteroatoms. The lowest BCUT2D eigenvalue weighted by molar-refractivity contribution is -0.181. The number of carbonyl (C=O) groups excluding carboxylic acids is 1. The molecule has 1 N–H and O–H groups in total. The van der Waals surface area contributed by atoms with Gasteiger partial charge in [0.25, 0.3) is 0 Å². The predicted molar refractivity (Wildman–Crippen MR) is 62.9 cm³/mol. The third-order valence-electron chi connectivity index (χ3n) is 4.18. The molecule has 2 atom stereocenters. The summed E-state index contributed by atoms with van der Waals surface area (Å²) in [4.78, 5) is 11.9. The summed E-state index contributed by atoms with van der Waals surface area (Å²) < 4.78 is 4.79. The number of hydrogen-bond donors (Lipinski definition) is 1. The van der Waals surface area contributed by atoms with Crippen LogP contribution in [0.25, 0.3) is 0 Å². The van der Waals surface area contributed by atoms with Crippen molar-refractivity contribution < 1.29 is 14.6 Å². The van der Waals surface area contributed by atoms with Gasteiger partial charge in [0.2, 0.25) is 0 Å². The fourth-order valence-corrected chi connectivity index (χ4v) is 3.09. The van der Waals surface area contributed by atoms with E-state index in [0.29, 0.717) is 0 Å². The summed E-state index contributed by atoms with van der Waals surface area (Å²) in [5.74, 6) is -0.614. The highest BCUT2D eigenvalue weighted by molar-refractivity contribution is 5.80. The number of aliphatic hydroxyl groups is 1. The first kappa shape index (κ1) is 13.5. The van der Waals surface area contributed by atoms with Crippen LogP contribution in [0.4, 0.5) is 0 Å². The van der Waals surface area contributed by atoms with Gasteiger partial charge in [-0.2, -0.15) is 0 Å². The van der Waals surface area contributed by atoms with E-state index in [1.807, 2.05) is 13.8 Å². The molecule has 94 valence electrons. The number of ether oxygens (including phenoxy) is 1. The Morgan fingerprint density at radius 2 is 2.06 bits per heavy atom. The van der Waals surface area contributed by atoms with Crippen LogP contribution in [0.2, 0.25) is 0 Å². The van der Waals surface area contributed by atoms with Gasteiger partial charge in [-0.25, -0.2) is 4.79 Å². The van der Waals surface area contributed by atoms with Crippen LogP contribution in [0.5, 0.6) is 0 Å². The molecule has 2 unspecified atom stereocenters. The second kappa shape index (κ2) is 4.36. The van der Waals surface area contributed by atoms with Crippen LogP contribution in [0.3, 0.4) is 0 Å².